The van der Waals surface area contributed by atoms with Crippen LogP contribution in [0.4, 0.5) is 0 Å². The number of fused-ring (bicyclic) bond motifs is 1. The molecule has 1 amide bonds. The van der Waals surface area contributed by atoms with Crippen LogP contribution in [0.1, 0.15) is 19.8 Å². The Morgan fingerprint density at radius 2 is 2.00 bits per heavy atom. The normalized spacial score (nSPS) is 15.5. The lowest BCUT2D eigenvalue weighted by atomic mass is 9.99. The highest BCUT2D eigenvalue weighted by Crippen LogP contribution is 2.37. The maximum Gasteiger partial charge on any atom is 0.232 e. The van der Waals surface area contributed by atoms with E-state index in [2.05, 4.69) is 34.4 Å². The van der Waals surface area contributed by atoms with E-state index in [4.69, 9.17) is 0 Å². The summed E-state index contributed by atoms with van der Waals surface area (Å²) < 4.78 is 0. The van der Waals surface area contributed by atoms with Crippen LogP contribution in [0.15, 0.2) is 47.1 Å². The Hall–Kier alpha value is -1.92. The minimum atomic E-state index is 0.213. The van der Waals surface area contributed by atoms with E-state index in [1.54, 1.807) is 17.7 Å². The van der Waals surface area contributed by atoms with Gasteiger partial charge in [0, 0.05) is 24.0 Å². The molecule has 2 aromatic heterocycles. The largest absolute Gasteiger partial charge is 0.342 e. The fraction of sp³-hybridized carbons (Fsp3) is 0.350. The molecule has 1 aromatic carbocycles. The van der Waals surface area contributed by atoms with Crippen molar-refractivity contribution < 1.29 is 4.79 Å². The number of carbonyl (C=O) groups excluding carboxylic acids is 1. The molecule has 4 rings (SSSR count). The monoisotopic (exact) mass is 383 g/mol. The van der Waals surface area contributed by atoms with E-state index in [1.807, 2.05) is 23.1 Å². The molecule has 0 bridgehead atoms. The van der Waals surface area contributed by atoms with Crippen LogP contribution in [0, 0.1) is 5.92 Å². The average Bonchev–Trinajstić information content (AvgIpc) is 3.12. The van der Waals surface area contributed by atoms with E-state index >= 15 is 0 Å². The van der Waals surface area contributed by atoms with E-state index < -0.39 is 0 Å². The molecule has 1 fully saturated rings. The molecule has 4 nitrogen and oxygen atoms in total. The molecular formula is C20H21N3OS2. The van der Waals surface area contributed by atoms with Crippen molar-refractivity contribution in [2.75, 3.05) is 18.8 Å². The lowest BCUT2D eigenvalue weighted by molar-refractivity contribution is -0.129. The zero-order valence-electron chi connectivity index (χ0n) is 14.7. The molecule has 0 saturated carbocycles. The van der Waals surface area contributed by atoms with Crippen LogP contribution >= 0.6 is 23.1 Å². The SMILES string of the molecule is CC1CCN(C(=O)CSc2ncnc3scc(-c4ccccc4)c23)CC1. The van der Waals surface area contributed by atoms with Gasteiger partial charge in [-0.15, -0.1) is 11.3 Å². The van der Waals surface area contributed by atoms with Gasteiger partial charge >= 0.3 is 0 Å². The summed E-state index contributed by atoms with van der Waals surface area (Å²) in [6, 6.07) is 10.3. The number of thioether (sulfide) groups is 1. The van der Waals surface area contributed by atoms with Crippen molar-refractivity contribution in [2.24, 2.45) is 5.92 Å². The predicted octanol–water partition coefficient (Wildman–Crippen LogP) is 4.71. The number of amides is 1. The summed E-state index contributed by atoms with van der Waals surface area (Å²) in [5.41, 5.74) is 2.31. The van der Waals surface area contributed by atoms with E-state index in [-0.39, 0.29) is 5.91 Å². The van der Waals surface area contributed by atoms with Gasteiger partial charge in [-0.2, -0.15) is 0 Å². The Morgan fingerprint density at radius 1 is 1.23 bits per heavy atom. The van der Waals surface area contributed by atoms with Gasteiger partial charge in [0.1, 0.15) is 16.2 Å². The summed E-state index contributed by atoms with van der Waals surface area (Å²) in [6.45, 7) is 4.02. The maximum absolute atomic E-state index is 12.6. The van der Waals surface area contributed by atoms with Crippen LogP contribution in [-0.2, 0) is 4.79 Å². The Labute approximate surface area is 161 Å². The third-order valence-corrected chi connectivity index (χ3v) is 6.75. The Bertz CT molecular complexity index is 902. The lowest BCUT2D eigenvalue weighted by Gasteiger charge is -2.30. The number of hydrogen-bond donors (Lipinski definition) is 0. The Balaban J connectivity index is 1.55. The van der Waals surface area contributed by atoms with Crippen LogP contribution in [0.2, 0.25) is 0 Å². The number of likely N-dealkylation sites (tertiary alicyclic amines) is 1. The number of thiophene rings is 1. The molecule has 1 aliphatic rings. The van der Waals surface area contributed by atoms with Gasteiger partial charge in [-0.25, -0.2) is 9.97 Å². The Kier molecular flexibility index (Phi) is 5.22. The quantitative estimate of drug-likeness (QED) is 0.483. The highest BCUT2D eigenvalue weighted by atomic mass is 32.2. The standard InChI is InChI=1S/C20H21N3OS2/c1-14-7-9-23(10-8-14)17(24)12-26-20-18-16(15-5-3-2-4-6-15)11-25-19(18)21-13-22-20/h2-6,11,13-14H,7-10,12H2,1H3. The lowest BCUT2D eigenvalue weighted by Crippen LogP contribution is -2.38. The fourth-order valence-corrected chi connectivity index (χ4v) is 5.16. The van der Waals surface area contributed by atoms with Crippen molar-refractivity contribution in [3.05, 3.63) is 42.0 Å². The molecule has 3 heterocycles. The van der Waals surface area contributed by atoms with Gasteiger partial charge in [0.25, 0.3) is 0 Å². The highest BCUT2D eigenvalue weighted by Gasteiger charge is 2.21. The molecule has 134 valence electrons. The van der Waals surface area contributed by atoms with Gasteiger partial charge in [-0.05, 0) is 24.3 Å². The van der Waals surface area contributed by atoms with Gasteiger partial charge in [0.2, 0.25) is 5.91 Å². The summed E-state index contributed by atoms with van der Waals surface area (Å²) in [7, 11) is 0. The van der Waals surface area contributed by atoms with Gasteiger partial charge < -0.3 is 4.90 Å². The number of nitrogens with zero attached hydrogens (tertiary/aromatic N) is 3. The van der Waals surface area contributed by atoms with Crippen molar-refractivity contribution in [3.8, 4) is 11.1 Å². The van der Waals surface area contributed by atoms with E-state index in [0.29, 0.717) is 5.75 Å². The van der Waals surface area contributed by atoms with Crippen molar-refractivity contribution in [1.82, 2.24) is 14.9 Å². The predicted molar refractivity (Wildman–Crippen MR) is 109 cm³/mol. The van der Waals surface area contributed by atoms with Crippen molar-refractivity contribution in [2.45, 2.75) is 24.8 Å². The third kappa shape index (κ3) is 3.62. The first kappa shape index (κ1) is 17.5. The second-order valence-electron chi connectivity index (χ2n) is 6.73. The number of piperidine rings is 1. The summed E-state index contributed by atoms with van der Waals surface area (Å²) in [6.07, 6.45) is 3.82. The van der Waals surface area contributed by atoms with Crippen molar-refractivity contribution in [3.63, 3.8) is 0 Å². The van der Waals surface area contributed by atoms with Crippen LogP contribution in [-0.4, -0.2) is 39.6 Å². The smallest absolute Gasteiger partial charge is 0.232 e. The van der Waals surface area contributed by atoms with Crippen LogP contribution in [0.25, 0.3) is 21.3 Å². The van der Waals surface area contributed by atoms with Gasteiger partial charge in [0.15, 0.2) is 0 Å². The maximum atomic E-state index is 12.6. The van der Waals surface area contributed by atoms with E-state index in [9.17, 15) is 4.79 Å². The molecule has 0 radical (unpaired) electrons. The minimum Gasteiger partial charge on any atom is -0.342 e. The summed E-state index contributed by atoms with van der Waals surface area (Å²) in [5.74, 6) is 1.38. The molecule has 3 aromatic rings. The first-order valence-electron chi connectivity index (χ1n) is 8.90. The zero-order valence-corrected chi connectivity index (χ0v) is 16.4. The molecule has 0 unspecified atom stereocenters. The second kappa shape index (κ2) is 7.76. The summed E-state index contributed by atoms with van der Waals surface area (Å²) in [4.78, 5) is 24.4. The molecule has 1 saturated heterocycles. The fourth-order valence-electron chi connectivity index (χ4n) is 3.27. The third-order valence-electron chi connectivity index (χ3n) is 4.89. The van der Waals surface area contributed by atoms with Crippen molar-refractivity contribution in [1.29, 1.82) is 0 Å². The van der Waals surface area contributed by atoms with Crippen LogP contribution in [0.3, 0.4) is 0 Å². The molecule has 0 spiro atoms. The average molecular weight is 384 g/mol. The number of rotatable bonds is 4. The Morgan fingerprint density at radius 3 is 2.77 bits per heavy atom. The van der Waals surface area contributed by atoms with Crippen LogP contribution < -0.4 is 0 Å². The first-order valence-corrected chi connectivity index (χ1v) is 10.8. The molecule has 1 aliphatic heterocycles. The molecular weight excluding hydrogens is 362 g/mol. The molecule has 6 heteroatoms. The highest BCUT2D eigenvalue weighted by molar-refractivity contribution is 8.00. The number of aromatic nitrogens is 2. The van der Waals surface area contributed by atoms with Gasteiger partial charge in [0.05, 0.1) is 11.1 Å². The zero-order chi connectivity index (χ0) is 17.9. The second-order valence-corrected chi connectivity index (χ2v) is 8.55. The number of benzene rings is 1. The minimum absolute atomic E-state index is 0.213. The molecule has 0 N–H and O–H groups in total. The summed E-state index contributed by atoms with van der Waals surface area (Å²) in [5, 5.41) is 4.09. The first-order chi connectivity index (χ1) is 12.7. The van der Waals surface area contributed by atoms with E-state index in [0.717, 1.165) is 58.2 Å². The van der Waals surface area contributed by atoms with Crippen molar-refractivity contribution >= 4 is 39.2 Å². The van der Waals surface area contributed by atoms with E-state index in [1.165, 1.54) is 11.8 Å². The van der Waals surface area contributed by atoms with Gasteiger partial charge in [-0.3, -0.25) is 4.79 Å². The molecule has 0 atom stereocenters. The van der Waals surface area contributed by atoms with Gasteiger partial charge in [-0.1, -0.05) is 49.0 Å². The molecule has 26 heavy (non-hydrogen) atoms. The number of carbonyl (C=O) groups is 1. The van der Waals surface area contributed by atoms with Crippen LogP contribution in [0.5, 0.6) is 0 Å². The molecule has 0 aliphatic carbocycles. The topological polar surface area (TPSA) is 46.1 Å². The number of hydrogen-bond acceptors (Lipinski definition) is 5. The summed E-state index contributed by atoms with van der Waals surface area (Å²) >= 11 is 3.16.